The summed E-state index contributed by atoms with van der Waals surface area (Å²) in [6.07, 6.45) is 24.4. The van der Waals surface area contributed by atoms with Gasteiger partial charge in [-0.1, -0.05) is 139 Å². The number of carboxylic acid groups (broad SMARTS) is 1. The quantitative estimate of drug-likeness (QED) is 0.00975. The first-order valence-electron chi connectivity index (χ1n) is 25.0. The summed E-state index contributed by atoms with van der Waals surface area (Å²) in [5.74, 6) is -2.69. The molecular weight excluding hydrogens is 934 g/mol. The average Bonchev–Trinajstić information content (AvgIpc) is 3.32. The number of ether oxygens (including phenoxy) is 2. The van der Waals surface area contributed by atoms with Gasteiger partial charge in [-0.05, 0) is 64.2 Å². The van der Waals surface area contributed by atoms with Crippen molar-refractivity contribution in [1.29, 1.82) is 0 Å². The molecular formula is C50H86NO16PS. The van der Waals surface area contributed by atoms with Gasteiger partial charge in [-0.25, -0.2) is 4.57 Å². The minimum absolute atomic E-state index is 0.0175. The molecule has 0 aromatic rings. The second-order valence-corrected chi connectivity index (χ2v) is 20.1. The molecule has 1 fully saturated rings. The predicted molar refractivity (Wildman–Crippen MR) is 268 cm³/mol. The van der Waals surface area contributed by atoms with E-state index in [-0.39, 0.29) is 31.4 Å². The number of hydrogen-bond acceptors (Lipinski definition) is 16. The summed E-state index contributed by atoms with van der Waals surface area (Å²) < 4.78 is 33.7. The number of aliphatic hydroxyl groups is 6. The molecule has 19 heteroatoms. The first-order valence-corrected chi connectivity index (χ1v) is 27.6. The summed E-state index contributed by atoms with van der Waals surface area (Å²) >= 11 is 1.14. The van der Waals surface area contributed by atoms with Crippen molar-refractivity contribution in [3.05, 3.63) is 60.8 Å². The summed E-state index contributed by atoms with van der Waals surface area (Å²) in [7, 11) is -5.26. The molecule has 3 unspecified atom stereocenters. The fourth-order valence-electron chi connectivity index (χ4n) is 7.13. The monoisotopic (exact) mass is 1020 g/mol. The Morgan fingerprint density at radius 1 is 0.667 bits per heavy atom. The number of allylic oxidation sites excluding steroid dienone is 9. The van der Waals surface area contributed by atoms with Gasteiger partial charge in [0, 0.05) is 23.8 Å². The molecule has 1 saturated carbocycles. The molecule has 10 N–H and O–H groups in total. The number of rotatable bonds is 41. The van der Waals surface area contributed by atoms with Crippen molar-refractivity contribution in [1.82, 2.24) is 0 Å². The average molecular weight is 1020 g/mol. The van der Waals surface area contributed by atoms with Crippen LogP contribution >= 0.6 is 19.6 Å². The summed E-state index contributed by atoms with van der Waals surface area (Å²) in [5, 5.41) is 69.9. The fraction of sp³-hybridized carbons (Fsp3) is 0.740. The molecule has 0 aromatic heterocycles. The van der Waals surface area contributed by atoms with E-state index in [2.05, 4.69) is 38.2 Å². The number of thioether (sulfide) groups is 1. The molecule has 0 aromatic carbocycles. The molecule has 0 spiro atoms. The Balaban J connectivity index is 2.87. The molecule has 1 aliphatic rings. The highest BCUT2D eigenvalue weighted by Gasteiger charge is 2.51. The molecule has 0 aliphatic heterocycles. The van der Waals surface area contributed by atoms with Crippen LogP contribution in [0.15, 0.2) is 60.8 Å². The summed E-state index contributed by atoms with van der Waals surface area (Å²) in [5.41, 5.74) is 6.18. The smallest absolute Gasteiger partial charge is 0.472 e. The standard InChI is InChI=1S/C50H86NO16PS/c1-3-5-7-9-11-13-15-17-18-19-21-23-25-27-29-34-43(55)66-38(36-65-68(62,63)67-49-47(59)45(57)44(56)46(58)48(49)60)35-64-50(61)39(51)37-69-41(40(52)31-30-33-42(53)54)32-28-26-24-22-20-16-14-12-10-8-6-4-2/h12,14,17-18,20,22,24,26,28,32,38-41,44-49,52,56-60H,3-11,13,15-16,19,21,23,25,27,29-31,33-37,51H2,1-2H3,(H,53,54)(H,62,63)/b14-12-,18-17-,22-20-,26-24+,32-28+/t38-,39+,40+,41-,44?,45-,46+,47-,48-,49?/m1/s1. The molecule has 0 amide bonds. The Morgan fingerprint density at radius 3 is 1.83 bits per heavy atom. The second-order valence-electron chi connectivity index (χ2n) is 17.5. The van der Waals surface area contributed by atoms with E-state index in [0.717, 1.165) is 63.1 Å². The SMILES string of the molecule is CCCCC/C=C\C\C=C/C=C/C=C/[C@@H](SC[C@H](N)C(=O)OC[C@H](COP(=O)(O)OC1[C@H](O)[C@H](O)C(O)[C@H](O)[C@H]1O)OC(=O)CCCCCCC/C=C\CCCCCCCC)[C@@H](O)CCCC(=O)O. The van der Waals surface area contributed by atoms with Crippen molar-refractivity contribution in [2.24, 2.45) is 5.73 Å². The van der Waals surface area contributed by atoms with Crippen molar-refractivity contribution in [2.45, 2.75) is 215 Å². The normalized spacial score (nSPS) is 22.7. The summed E-state index contributed by atoms with van der Waals surface area (Å²) in [6.45, 7) is 2.81. The maximum Gasteiger partial charge on any atom is 0.472 e. The lowest BCUT2D eigenvalue weighted by Crippen LogP contribution is -2.64. The number of phosphoric acid groups is 1. The van der Waals surface area contributed by atoms with Crippen LogP contribution in [0.25, 0.3) is 0 Å². The van der Waals surface area contributed by atoms with E-state index in [9.17, 15) is 54.5 Å². The third-order valence-electron chi connectivity index (χ3n) is 11.3. The number of aliphatic carboxylic acids is 1. The van der Waals surface area contributed by atoms with Crippen LogP contribution in [-0.4, -0.2) is 138 Å². The zero-order chi connectivity index (χ0) is 51.3. The molecule has 398 valence electrons. The fourth-order valence-corrected chi connectivity index (χ4v) is 9.23. The minimum Gasteiger partial charge on any atom is -0.481 e. The van der Waals surface area contributed by atoms with Gasteiger partial charge >= 0.3 is 25.7 Å². The Bertz CT molecular complexity index is 1560. The van der Waals surface area contributed by atoms with Crippen LogP contribution in [0.2, 0.25) is 0 Å². The maximum absolute atomic E-state index is 13.1. The van der Waals surface area contributed by atoms with E-state index in [1.165, 1.54) is 57.8 Å². The van der Waals surface area contributed by atoms with Gasteiger partial charge in [0.15, 0.2) is 6.10 Å². The first kappa shape index (κ1) is 64.3. The van der Waals surface area contributed by atoms with Crippen molar-refractivity contribution < 1.29 is 78.1 Å². The lowest BCUT2D eigenvalue weighted by Gasteiger charge is -2.41. The highest BCUT2D eigenvalue weighted by Crippen LogP contribution is 2.47. The van der Waals surface area contributed by atoms with Crippen LogP contribution in [0, 0.1) is 0 Å². The molecule has 1 rings (SSSR count). The number of carboxylic acids is 1. The number of unbranched alkanes of at least 4 members (excludes halogenated alkanes) is 14. The number of phosphoric ester groups is 1. The summed E-state index contributed by atoms with van der Waals surface area (Å²) in [4.78, 5) is 47.6. The molecule has 17 nitrogen and oxygen atoms in total. The van der Waals surface area contributed by atoms with Crippen LogP contribution < -0.4 is 5.73 Å². The molecule has 69 heavy (non-hydrogen) atoms. The lowest BCUT2D eigenvalue weighted by atomic mass is 9.85. The van der Waals surface area contributed by atoms with Crippen LogP contribution in [0.4, 0.5) is 0 Å². The second kappa shape index (κ2) is 39.9. The van der Waals surface area contributed by atoms with Crippen molar-refractivity contribution in [3.8, 4) is 0 Å². The Labute approximate surface area is 414 Å². The number of esters is 2. The number of hydrogen-bond donors (Lipinski definition) is 9. The van der Waals surface area contributed by atoms with Crippen molar-refractivity contribution >= 4 is 37.5 Å². The molecule has 1 aliphatic carbocycles. The van der Waals surface area contributed by atoms with E-state index >= 15 is 0 Å². The largest absolute Gasteiger partial charge is 0.481 e. The maximum atomic E-state index is 13.1. The highest BCUT2D eigenvalue weighted by molar-refractivity contribution is 8.00. The number of nitrogens with two attached hydrogens (primary N) is 1. The van der Waals surface area contributed by atoms with Crippen LogP contribution in [0.3, 0.4) is 0 Å². The van der Waals surface area contributed by atoms with E-state index in [1.807, 2.05) is 18.2 Å². The lowest BCUT2D eigenvalue weighted by molar-refractivity contribution is -0.220. The third kappa shape index (κ3) is 31.4. The molecule has 0 saturated heterocycles. The van der Waals surface area contributed by atoms with Gasteiger partial charge in [0.1, 0.15) is 49.3 Å². The molecule has 11 atom stereocenters. The molecule has 0 heterocycles. The minimum atomic E-state index is -5.26. The van der Waals surface area contributed by atoms with Gasteiger partial charge in [0.05, 0.1) is 12.7 Å². The summed E-state index contributed by atoms with van der Waals surface area (Å²) in [6, 6.07) is -1.26. The topological polar surface area (TPSA) is 293 Å². The van der Waals surface area contributed by atoms with Gasteiger partial charge in [-0.2, -0.15) is 0 Å². The van der Waals surface area contributed by atoms with Crippen LogP contribution in [0.5, 0.6) is 0 Å². The van der Waals surface area contributed by atoms with Gasteiger partial charge in [0.2, 0.25) is 0 Å². The Morgan fingerprint density at radius 2 is 1.20 bits per heavy atom. The number of carbonyl (C=O) groups is 3. The van der Waals surface area contributed by atoms with E-state index in [0.29, 0.717) is 6.42 Å². The van der Waals surface area contributed by atoms with Gasteiger partial charge in [-0.3, -0.25) is 23.4 Å². The van der Waals surface area contributed by atoms with Gasteiger partial charge < -0.3 is 55.8 Å². The third-order valence-corrected chi connectivity index (χ3v) is 13.7. The van der Waals surface area contributed by atoms with Gasteiger partial charge in [-0.15, -0.1) is 11.8 Å². The number of aliphatic hydroxyl groups excluding tert-OH is 6. The van der Waals surface area contributed by atoms with Crippen molar-refractivity contribution in [2.75, 3.05) is 19.0 Å². The van der Waals surface area contributed by atoms with E-state index in [1.54, 1.807) is 18.2 Å². The number of carbonyl (C=O) groups excluding carboxylic acids is 2. The zero-order valence-corrected chi connectivity index (χ0v) is 42.7. The van der Waals surface area contributed by atoms with Crippen LogP contribution in [-0.2, 0) is 37.5 Å². The Kier molecular flexibility index (Phi) is 37.1. The molecule has 0 bridgehead atoms. The molecule has 0 radical (unpaired) electrons. The highest BCUT2D eigenvalue weighted by atomic mass is 32.2. The van der Waals surface area contributed by atoms with E-state index in [4.69, 9.17) is 29.4 Å². The van der Waals surface area contributed by atoms with E-state index < -0.39 is 99.1 Å². The van der Waals surface area contributed by atoms with Crippen LogP contribution in [0.1, 0.15) is 155 Å². The first-order chi connectivity index (χ1) is 33.0. The van der Waals surface area contributed by atoms with Gasteiger partial charge in [0.25, 0.3) is 0 Å². The van der Waals surface area contributed by atoms with Crippen molar-refractivity contribution in [3.63, 3.8) is 0 Å². The zero-order valence-electron chi connectivity index (χ0n) is 41.0. The Hall–Kier alpha value is -2.71. The predicted octanol–water partition coefficient (Wildman–Crippen LogP) is 7.04.